The van der Waals surface area contributed by atoms with E-state index in [-0.39, 0.29) is 29.7 Å². The fraction of sp³-hybridized carbons (Fsp3) is 0.531. The summed E-state index contributed by atoms with van der Waals surface area (Å²) in [6.07, 6.45) is -0.157. The lowest BCUT2D eigenvalue weighted by atomic mass is 10.1. The topological polar surface area (TPSA) is 228 Å². The molecule has 5 aromatic rings. The van der Waals surface area contributed by atoms with E-state index >= 15 is 0 Å². The number of aromatic nitrogens is 8. The Morgan fingerprint density at radius 2 is 1.26 bits per heavy atom. The second-order valence-corrected chi connectivity index (χ2v) is 20.2. The van der Waals surface area contributed by atoms with Crippen LogP contribution in [0.4, 0.5) is 39.8 Å². The maximum Gasteiger partial charge on any atom is 0.416 e. The molecule has 0 unspecified atom stereocenters. The number of alkyl halides is 3. The molecule has 4 aromatic heterocycles. The molecule has 22 nitrogen and oxygen atoms in total. The van der Waals surface area contributed by atoms with Gasteiger partial charge in [0.1, 0.15) is 29.1 Å². The number of benzene rings is 1. The van der Waals surface area contributed by atoms with Gasteiger partial charge in [0, 0.05) is 63.7 Å². The van der Waals surface area contributed by atoms with Crippen LogP contribution in [0.1, 0.15) is 83.0 Å². The number of aromatic amines is 1. The summed E-state index contributed by atoms with van der Waals surface area (Å²) in [6, 6.07) is 4.13. The van der Waals surface area contributed by atoms with Crippen LogP contribution in [0.2, 0.25) is 0 Å². The number of carbonyl (C=O) groups is 3. The molecule has 0 atom stereocenters. The number of rotatable bonds is 7. The average molecular weight is 1030 g/mol. The van der Waals surface area contributed by atoms with Crippen molar-refractivity contribution in [3.63, 3.8) is 0 Å². The van der Waals surface area contributed by atoms with Gasteiger partial charge in [-0.25, -0.2) is 14.6 Å². The third-order valence-electron chi connectivity index (χ3n) is 12.4. The van der Waals surface area contributed by atoms with E-state index in [4.69, 9.17) is 18.9 Å². The number of aryl methyl sites for hydroxylation is 1. The molecule has 1 aromatic carbocycles. The monoisotopic (exact) mass is 1030 g/mol. The predicted molar refractivity (Wildman–Crippen MR) is 267 cm³/mol. The number of anilines is 3. The van der Waals surface area contributed by atoms with Crippen LogP contribution in [0.25, 0.3) is 22.7 Å². The van der Waals surface area contributed by atoms with Gasteiger partial charge in [-0.1, -0.05) is 12.2 Å². The third kappa shape index (κ3) is 12.2. The zero-order chi connectivity index (χ0) is 53.3. The highest BCUT2D eigenvalue weighted by Crippen LogP contribution is 2.30. The highest BCUT2D eigenvalue weighted by atomic mass is 19.4. The molecule has 0 spiro atoms. The van der Waals surface area contributed by atoms with Crippen LogP contribution >= 0.6 is 0 Å². The Bertz CT molecular complexity index is 3090. The molecule has 25 heteroatoms. The van der Waals surface area contributed by atoms with Crippen LogP contribution in [-0.4, -0.2) is 157 Å². The van der Waals surface area contributed by atoms with Crippen molar-refractivity contribution in [1.29, 1.82) is 0 Å². The Morgan fingerprint density at radius 3 is 1.77 bits per heavy atom. The van der Waals surface area contributed by atoms with Crippen LogP contribution in [0, 0.1) is 13.8 Å². The molecule has 398 valence electrons. The van der Waals surface area contributed by atoms with Crippen molar-refractivity contribution in [3.05, 3.63) is 85.7 Å². The molecule has 2 saturated heterocycles. The van der Waals surface area contributed by atoms with Gasteiger partial charge in [-0.05, 0) is 104 Å². The normalized spacial score (nSPS) is 16.9. The first-order chi connectivity index (χ1) is 34.9. The van der Waals surface area contributed by atoms with Gasteiger partial charge in [0.05, 0.1) is 37.7 Å². The van der Waals surface area contributed by atoms with E-state index in [1.807, 2.05) is 49.6 Å². The van der Waals surface area contributed by atoms with Crippen molar-refractivity contribution >= 4 is 57.9 Å². The minimum absolute atomic E-state index is 0.147. The number of piperazine rings is 2. The van der Waals surface area contributed by atoms with Crippen molar-refractivity contribution in [2.24, 2.45) is 0 Å². The smallest absolute Gasteiger partial charge is 0.416 e. The summed E-state index contributed by atoms with van der Waals surface area (Å²) < 4.78 is 64.7. The van der Waals surface area contributed by atoms with Crippen molar-refractivity contribution in [2.45, 2.75) is 92.2 Å². The van der Waals surface area contributed by atoms with Crippen molar-refractivity contribution in [1.82, 2.24) is 48.5 Å². The first-order valence-electron chi connectivity index (χ1n) is 24.4. The first kappa shape index (κ1) is 53.0. The molecular formula is C49H62F3N13O9. The zero-order valence-corrected chi connectivity index (χ0v) is 42.8. The highest BCUT2D eigenvalue weighted by Gasteiger charge is 2.33. The summed E-state index contributed by atoms with van der Waals surface area (Å²) in [6.45, 7) is 19.5. The molecule has 0 radical (unpaired) electrons. The van der Waals surface area contributed by atoms with E-state index < -0.39 is 40.5 Å². The van der Waals surface area contributed by atoms with E-state index in [0.717, 1.165) is 29.7 Å². The van der Waals surface area contributed by atoms with Gasteiger partial charge >= 0.3 is 18.4 Å². The largest absolute Gasteiger partial charge is 0.444 e. The Morgan fingerprint density at radius 1 is 0.716 bits per heavy atom. The lowest BCUT2D eigenvalue weighted by Crippen LogP contribution is -2.51. The molecule has 3 amide bonds. The standard InChI is InChI=1S/C29H34F3N7O5.C20H28N6O4/c1-18-23(36-11-13-37(14-12-36)27(42)44-28(2,3)4)25(41)39-26(34-24(35-39)19-9-15-43-16-10-19)38(18)17-22(40)33-21-7-5-20(6-8-21)29(30,31)32;1-13-15(24-7-9-25(10-8-24)19(28)30-20(2,3)4)17(27)26-18(21-13)22-16(23-26)14-5-11-29-12-6-14/h5-9H,10-17H2,1-4H3,(H,33,40);5H,6-12H2,1-4H3,(H,21,22,23). The number of nitrogens with zero attached hydrogens (tertiary/aromatic N) is 11. The Balaban J connectivity index is 0.000000211. The predicted octanol–water partition coefficient (Wildman–Crippen LogP) is 5.30. The fourth-order valence-corrected chi connectivity index (χ4v) is 8.79. The van der Waals surface area contributed by atoms with E-state index in [1.54, 1.807) is 42.1 Å². The van der Waals surface area contributed by atoms with Crippen LogP contribution in [0.3, 0.4) is 0 Å². The molecule has 8 heterocycles. The Labute approximate surface area is 423 Å². The number of hydrogen-bond acceptors (Lipinski definition) is 15. The van der Waals surface area contributed by atoms with Crippen molar-refractivity contribution < 1.29 is 46.5 Å². The zero-order valence-electron chi connectivity index (χ0n) is 42.8. The third-order valence-corrected chi connectivity index (χ3v) is 12.4. The SMILES string of the molecule is Cc1c(N2CCN(C(=O)OC(C)(C)C)CC2)c(=O)n2nc(C3=CCOCC3)nc2n1CC(=O)Nc1ccc(C(F)(F)F)cc1.Cc1nc2nc(C3=CCOCC3)[nH]n2c(=O)c1N1CCN(C(=O)OC(C)(C)C)CC1. The maximum absolute atomic E-state index is 13.9. The van der Waals surface area contributed by atoms with Gasteiger partial charge in [-0.3, -0.25) is 19.5 Å². The van der Waals surface area contributed by atoms with Crippen molar-refractivity contribution in [2.75, 3.05) is 93.9 Å². The molecule has 0 saturated carbocycles. The molecule has 2 fully saturated rings. The quantitative estimate of drug-likeness (QED) is 0.211. The average Bonchev–Trinajstić information content (AvgIpc) is 3.99. The maximum atomic E-state index is 13.9. The number of hydrogen-bond donors (Lipinski definition) is 2. The van der Waals surface area contributed by atoms with Crippen molar-refractivity contribution in [3.8, 4) is 0 Å². The number of amides is 3. The summed E-state index contributed by atoms with van der Waals surface area (Å²) in [7, 11) is 0. The number of nitrogens with one attached hydrogen (secondary N) is 2. The molecule has 0 aliphatic carbocycles. The number of H-pyrrole nitrogens is 1. The van der Waals surface area contributed by atoms with Gasteiger partial charge < -0.3 is 48.4 Å². The number of fused-ring (bicyclic) bond motifs is 2. The highest BCUT2D eigenvalue weighted by molar-refractivity contribution is 5.91. The van der Waals surface area contributed by atoms with Gasteiger partial charge in [-0.15, -0.1) is 5.10 Å². The summed E-state index contributed by atoms with van der Waals surface area (Å²) >= 11 is 0. The number of ether oxygens (including phenoxy) is 4. The lowest BCUT2D eigenvalue weighted by Gasteiger charge is -2.37. The summed E-state index contributed by atoms with van der Waals surface area (Å²) in [4.78, 5) is 85.9. The van der Waals surface area contributed by atoms with Gasteiger partial charge in [0.2, 0.25) is 11.7 Å². The summed E-state index contributed by atoms with van der Waals surface area (Å²) in [5.41, 5.74) is 1.33. The van der Waals surface area contributed by atoms with E-state index in [0.29, 0.717) is 125 Å². The van der Waals surface area contributed by atoms with Gasteiger partial charge in [0.15, 0.2) is 11.6 Å². The Kier molecular flexibility index (Phi) is 15.3. The summed E-state index contributed by atoms with van der Waals surface area (Å²) in [5.74, 6) is 0.960. The second-order valence-electron chi connectivity index (χ2n) is 20.2. The molecule has 74 heavy (non-hydrogen) atoms. The van der Waals surface area contributed by atoms with Gasteiger partial charge in [-0.2, -0.15) is 32.2 Å². The molecular weight excluding hydrogens is 972 g/mol. The first-order valence-corrected chi connectivity index (χ1v) is 24.4. The van der Waals surface area contributed by atoms with E-state index in [9.17, 15) is 37.1 Å². The molecule has 0 bridgehead atoms. The van der Waals surface area contributed by atoms with Crippen LogP contribution in [0.5, 0.6) is 0 Å². The van der Waals surface area contributed by atoms with E-state index in [2.05, 4.69) is 30.5 Å². The van der Waals surface area contributed by atoms with E-state index in [1.165, 1.54) is 21.2 Å². The fourth-order valence-electron chi connectivity index (χ4n) is 8.79. The Hall–Kier alpha value is -7.28. The summed E-state index contributed by atoms with van der Waals surface area (Å²) in [5, 5.41) is 10.2. The molecule has 4 aliphatic heterocycles. The number of carbonyl (C=O) groups excluding carboxylic acids is 3. The van der Waals surface area contributed by atoms with Crippen LogP contribution < -0.4 is 26.2 Å². The molecule has 2 N–H and O–H groups in total. The van der Waals surface area contributed by atoms with Gasteiger partial charge in [0.25, 0.3) is 16.9 Å². The minimum atomic E-state index is -4.50. The number of halogens is 3. The molecule has 9 rings (SSSR count). The second kappa shape index (κ2) is 21.3. The molecule has 4 aliphatic rings. The van der Waals surface area contributed by atoms with Crippen LogP contribution in [0.15, 0.2) is 46.0 Å². The lowest BCUT2D eigenvalue weighted by molar-refractivity contribution is -0.137. The minimum Gasteiger partial charge on any atom is -0.444 e. The van der Waals surface area contributed by atoms with Crippen LogP contribution in [-0.2, 0) is 36.5 Å².